The van der Waals surface area contributed by atoms with E-state index in [1.807, 2.05) is 0 Å². The largest absolute Gasteiger partial charge is 0.370 e. The van der Waals surface area contributed by atoms with Crippen molar-refractivity contribution >= 4 is 0 Å². The second-order valence-corrected chi connectivity index (χ2v) is 5.30. The third-order valence-corrected chi connectivity index (χ3v) is 4.06. The lowest BCUT2D eigenvalue weighted by molar-refractivity contribution is -0.00691. The van der Waals surface area contributed by atoms with Crippen LogP contribution in [0.3, 0.4) is 0 Å². The molecule has 1 atom stereocenters. The van der Waals surface area contributed by atoms with Crippen molar-refractivity contribution in [2.75, 3.05) is 6.61 Å². The summed E-state index contributed by atoms with van der Waals surface area (Å²) in [7, 11) is 0. The zero-order chi connectivity index (χ0) is 13.0. The molecule has 1 heteroatoms. The van der Waals surface area contributed by atoms with Crippen LogP contribution in [0.2, 0.25) is 0 Å². The molecule has 0 amide bonds. The average Bonchev–Trinajstić information content (AvgIpc) is 2.97. The molecule has 0 N–H and O–H groups in total. The molecule has 0 radical (unpaired) electrons. The Morgan fingerprint density at radius 3 is 2.21 bits per heavy atom. The van der Waals surface area contributed by atoms with Crippen LogP contribution in [0, 0.1) is 0 Å². The van der Waals surface area contributed by atoms with Gasteiger partial charge in [-0.15, -0.1) is 0 Å². The Hall–Kier alpha value is -1.60. The van der Waals surface area contributed by atoms with E-state index in [4.69, 9.17) is 4.74 Å². The molecule has 0 bridgehead atoms. The first kappa shape index (κ1) is 12.4. The van der Waals surface area contributed by atoms with Gasteiger partial charge in [-0.1, -0.05) is 60.7 Å². The summed E-state index contributed by atoms with van der Waals surface area (Å²) < 4.78 is 6.15. The lowest BCUT2D eigenvalue weighted by Crippen LogP contribution is -2.25. The minimum absolute atomic E-state index is 0.0584. The second kappa shape index (κ2) is 5.58. The number of ether oxygens (including phenoxy) is 1. The summed E-state index contributed by atoms with van der Waals surface area (Å²) in [6.07, 6.45) is 4.46. The Bertz CT molecular complexity index is 498. The van der Waals surface area contributed by atoms with Gasteiger partial charge in [0.05, 0.1) is 5.60 Å². The van der Waals surface area contributed by atoms with Gasteiger partial charge in [0.1, 0.15) is 0 Å². The minimum Gasteiger partial charge on any atom is -0.370 e. The normalized spacial score (nSPS) is 22.5. The lowest BCUT2D eigenvalue weighted by atomic mass is 9.85. The van der Waals surface area contributed by atoms with E-state index in [1.165, 1.54) is 17.5 Å². The van der Waals surface area contributed by atoms with E-state index in [1.54, 1.807) is 0 Å². The predicted molar refractivity (Wildman–Crippen MR) is 78.1 cm³/mol. The smallest absolute Gasteiger partial charge is 0.0935 e. The molecule has 2 aromatic carbocycles. The van der Waals surface area contributed by atoms with Crippen molar-refractivity contribution in [1.82, 2.24) is 0 Å². The van der Waals surface area contributed by atoms with Gasteiger partial charge in [-0.05, 0) is 36.8 Å². The van der Waals surface area contributed by atoms with Crippen LogP contribution in [0.1, 0.15) is 30.4 Å². The first-order valence-electron chi connectivity index (χ1n) is 7.12. The van der Waals surface area contributed by atoms with E-state index in [9.17, 15) is 0 Å². The average molecular weight is 252 g/mol. The first-order chi connectivity index (χ1) is 9.39. The van der Waals surface area contributed by atoms with Crippen LogP contribution in [0.4, 0.5) is 0 Å². The molecule has 1 aliphatic rings. The molecule has 1 unspecified atom stereocenters. The summed E-state index contributed by atoms with van der Waals surface area (Å²) in [6.45, 7) is 0.893. The van der Waals surface area contributed by atoms with Gasteiger partial charge in [-0.3, -0.25) is 0 Å². The van der Waals surface area contributed by atoms with E-state index in [0.717, 1.165) is 25.9 Å². The van der Waals surface area contributed by atoms with Gasteiger partial charge in [0.25, 0.3) is 0 Å². The molecular weight excluding hydrogens is 232 g/mol. The number of benzene rings is 2. The molecule has 3 rings (SSSR count). The fourth-order valence-corrected chi connectivity index (χ4v) is 3.00. The highest BCUT2D eigenvalue weighted by Crippen LogP contribution is 2.39. The summed E-state index contributed by atoms with van der Waals surface area (Å²) in [5, 5.41) is 0. The number of hydrogen-bond donors (Lipinski definition) is 0. The number of rotatable bonds is 4. The molecule has 1 saturated heterocycles. The van der Waals surface area contributed by atoms with Crippen LogP contribution in [-0.4, -0.2) is 6.61 Å². The third kappa shape index (κ3) is 2.71. The number of hydrogen-bond acceptors (Lipinski definition) is 1. The van der Waals surface area contributed by atoms with Gasteiger partial charge in [0, 0.05) is 6.61 Å². The molecule has 0 spiro atoms. The van der Waals surface area contributed by atoms with Gasteiger partial charge in [-0.25, -0.2) is 0 Å². The van der Waals surface area contributed by atoms with E-state index in [0.29, 0.717) is 0 Å². The van der Waals surface area contributed by atoms with Crippen molar-refractivity contribution < 1.29 is 4.74 Å². The van der Waals surface area contributed by atoms with Crippen LogP contribution in [-0.2, 0) is 16.8 Å². The van der Waals surface area contributed by atoms with Gasteiger partial charge in [0.2, 0.25) is 0 Å². The molecule has 98 valence electrons. The molecule has 1 fully saturated rings. The van der Waals surface area contributed by atoms with Crippen molar-refractivity contribution in [2.24, 2.45) is 0 Å². The lowest BCUT2D eigenvalue weighted by Gasteiger charge is -2.29. The molecule has 0 saturated carbocycles. The summed E-state index contributed by atoms with van der Waals surface area (Å²) >= 11 is 0. The summed E-state index contributed by atoms with van der Waals surface area (Å²) in [4.78, 5) is 0. The van der Waals surface area contributed by atoms with Crippen LogP contribution in [0.25, 0.3) is 0 Å². The van der Waals surface area contributed by atoms with Crippen molar-refractivity contribution in [3.05, 3.63) is 71.8 Å². The Balaban J connectivity index is 1.78. The van der Waals surface area contributed by atoms with E-state index in [2.05, 4.69) is 60.7 Å². The highest BCUT2D eigenvalue weighted by atomic mass is 16.5. The van der Waals surface area contributed by atoms with E-state index in [-0.39, 0.29) is 5.60 Å². The maximum atomic E-state index is 6.15. The molecule has 1 heterocycles. The Morgan fingerprint density at radius 1 is 0.895 bits per heavy atom. The Morgan fingerprint density at radius 2 is 1.58 bits per heavy atom. The van der Waals surface area contributed by atoms with Crippen molar-refractivity contribution in [1.29, 1.82) is 0 Å². The quantitative estimate of drug-likeness (QED) is 0.787. The zero-order valence-electron chi connectivity index (χ0n) is 11.2. The van der Waals surface area contributed by atoms with Crippen molar-refractivity contribution in [2.45, 2.75) is 31.3 Å². The van der Waals surface area contributed by atoms with Crippen LogP contribution in [0.5, 0.6) is 0 Å². The topological polar surface area (TPSA) is 9.23 Å². The van der Waals surface area contributed by atoms with Gasteiger partial charge in [-0.2, -0.15) is 0 Å². The monoisotopic (exact) mass is 252 g/mol. The SMILES string of the molecule is c1ccc(CCC2(c3ccccc3)CCCO2)cc1. The van der Waals surface area contributed by atoms with Crippen molar-refractivity contribution in [3.8, 4) is 0 Å². The standard InChI is InChI=1S/C18H20O/c1-3-8-16(9-4-1)12-14-18(13-7-15-19-18)17-10-5-2-6-11-17/h1-6,8-11H,7,12-15H2. The summed E-state index contributed by atoms with van der Waals surface area (Å²) in [6, 6.07) is 21.4. The van der Waals surface area contributed by atoms with Crippen LogP contribution in [0.15, 0.2) is 60.7 Å². The number of aryl methyl sites for hydroxylation is 1. The minimum atomic E-state index is -0.0584. The van der Waals surface area contributed by atoms with Gasteiger partial charge < -0.3 is 4.74 Å². The van der Waals surface area contributed by atoms with E-state index < -0.39 is 0 Å². The molecule has 1 nitrogen and oxygen atoms in total. The Kier molecular flexibility index (Phi) is 3.65. The molecule has 0 aromatic heterocycles. The first-order valence-corrected chi connectivity index (χ1v) is 7.12. The molecule has 1 aliphatic heterocycles. The fourth-order valence-electron chi connectivity index (χ4n) is 3.00. The van der Waals surface area contributed by atoms with Crippen molar-refractivity contribution in [3.63, 3.8) is 0 Å². The molecular formula is C18H20O. The summed E-state index contributed by atoms with van der Waals surface area (Å²) in [5.74, 6) is 0. The van der Waals surface area contributed by atoms with Crippen LogP contribution >= 0.6 is 0 Å². The second-order valence-electron chi connectivity index (χ2n) is 5.30. The highest BCUT2D eigenvalue weighted by molar-refractivity contribution is 5.24. The van der Waals surface area contributed by atoms with E-state index >= 15 is 0 Å². The molecule has 0 aliphatic carbocycles. The molecule has 19 heavy (non-hydrogen) atoms. The summed E-state index contributed by atoms with van der Waals surface area (Å²) in [5.41, 5.74) is 2.67. The maximum absolute atomic E-state index is 6.15. The third-order valence-electron chi connectivity index (χ3n) is 4.06. The van der Waals surface area contributed by atoms with Gasteiger partial charge in [0.15, 0.2) is 0 Å². The predicted octanol–water partition coefficient (Wildman–Crippen LogP) is 4.33. The highest BCUT2D eigenvalue weighted by Gasteiger charge is 2.36. The molecule has 2 aromatic rings. The fraction of sp³-hybridized carbons (Fsp3) is 0.333. The zero-order valence-corrected chi connectivity index (χ0v) is 11.2. The maximum Gasteiger partial charge on any atom is 0.0935 e. The Labute approximate surface area is 115 Å². The van der Waals surface area contributed by atoms with Gasteiger partial charge >= 0.3 is 0 Å². The van der Waals surface area contributed by atoms with Crippen LogP contribution < -0.4 is 0 Å².